The van der Waals surface area contributed by atoms with Crippen molar-refractivity contribution in [2.75, 3.05) is 0 Å². The molecule has 1 N–H and O–H groups in total. The molecule has 0 aliphatic rings. The number of nitro groups is 1. The number of hydrazone groups is 1. The first-order valence-corrected chi connectivity index (χ1v) is 10.7. The topological polar surface area (TPSA) is 128 Å². The van der Waals surface area contributed by atoms with Gasteiger partial charge in [-0.05, 0) is 42.5 Å². The molecule has 3 rings (SSSR count). The quantitative estimate of drug-likeness (QED) is 0.228. The molecule has 9 nitrogen and oxygen atoms in total. The van der Waals surface area contributed by atoms with Gasteiger partial charge in [-0.2, -0.15) is 26.7 Å². The van der Waals surface area contributed by atoms with Crippen LogP contribution in [0.5, 0.6) is 5.75 Å². The smallest absolute Gasteiger partial charge is 0.378 e. The summed E-state index contributed by atoms with van der Waals surface area (Å²) in [5.74, 6) is -1.09. The van der Waals surface area contributed by atoms with E-state index in [0.29, 0.717) is 12.1 Å². The third kappa shape index (κ3) is 5.75. The van der Waals surface area contributed by atoms with Crippen LogP contribution in [-0.4, -0.2) is 25.5 Å². The van der Waals surface area contributed by atoms with Crippen molar-refractivity contribution in [2.45, 2.75) is 11.1 Å². The molecule has 0 saturated heterocycles. The Labute approximate surface area is 190 Å². The second kappa shape index (κ2) is 9.70. The van der Waals surface area contributed by atoms with E-state index in [2.05, 4.69) is 10.5 Å². The van der Waals surface area contributed by atoms with Crippen LogP contribution in [-0.2, 0) is 16.3 Å². The highest BCUT2D eigenvalue weighted by atomic mass is 32.2. The molecule has 0 bridgehead atoms. The van der Waals surface area contributed by atoms with Crippen molar-refractivity contribution < 1.29 is 35.5 Å². The molecule has 0 aliphatic heterocycles. The number of amides is 1. The van der Waals surface area contributed by atoms with Gasteiger partial charge in [0.05, 0.1) is 16.7 Å². The number of carbonyl (C=O) groups is 1. The number of nitro benzene ring substituents is 1. The summed E-state index contributed by atoms with van der Waals surface area (Å²) in [5.41, 5.74) is 0.511. The Balaban J connectivity index is 1.78. The molecule has 0 aromatic heterocycles. The average Bonchev–Trinajstić information content (AvgIpc) is 2.79. The third-order valence-electron chi connectivity index (χ3n) is 4.30. The van der Waals surface area contributed by atoms with Crippen LogP contribution in [0.4, 0.5) is 18.9 Å². The van der Waals surface area contributed by atoms with Gasteiger partial charge in [-0.25, -0.2) is 5.43 Å². The lowest BCUT2D eigenvalue weighted by molar-refractivity contribution is -0.385. The van der Waals surface area contributed by atoms with E-state index < -0.39 is 43.3 Å². The van der Waals surface area contributed by atoms with E-state index in [9.17, 15) is 36.5 Å². The van der Waals surface area contributed by atoms with Crippen LogP contribution in [0.2, 0.25) is 0 Å². The van der Waals surface area contributed by atoms with Gasteiger partial charge in [0.1, 0.15) is 10.5 Å². The van der Waals surface area contributed by atoms with E-state index in [0.717, 1.165) is 24.4 Å². The highest BCUT2D eigenvalue weighted by Crippen LogP contribution is 2.30. The molecule has 13 heteroatoms. The summed E-state index contributed by atoms with van der Waals surface area (Å²) in [6, 6.07) is 13.6. The zero-order valence-electron chi connectivity index (χ0n) is 16.9. The minimum absolute atomic E-state index is 0.0980. The molecule has 0 unspecified atom stereocenters. The normalized spacial score (nSPS) is 11.9. The molecule has 34 heavy (non-hydrogen) atoms. The minimum Gasteiger partial charge on any atom is -0.378 e. The minimum atomic E-state index is -4.63. The molecule has 0 radical (unpaired) electrons. The number of rotatable bonds is 7. The number of halogens is 3. The first-order valence-electron chi connectivity index (χ1n) is 9.26. The van der Waals surface area contributed by atoms with Crippen molar-refractivity contribution in [1.82, 2.24) is 5.43 Å². The molecular formula is C21H14F3N3O6S. The Bertz CT molecular complexity index is 1360. The Morgan fingerprint density at radius 1 is 1.00 bits per heavy atom. The highest BCUT2D eigenvalue weighted by Gasteiger charge is 2.31. The van der Waals surface area contributed by atoms with Crippen molar-refractivity contribution in [1.29, 1.82) is 0 Å². The summed E-state index contributed by atoms with van der Waals surface area (Å²) in [6.07, 6.45) is -3.58. The summed E-state index contributed by atoms with van der Waals surface area (Å²) in [4.78, 5) is 22.0. The van der Waals surface area contributed by atoms with Crippen LogP contribution in [0, 0.1) is 10.1 Å². The SMILES string of the molecule is O=C(NN=Cc1ccccc1OS(=O)(=O)c1ccc(C(F)(F)F)cc1)c1ccccc1[N+](=O)[O-]. The second-order valence-electron chi connectivity index (χ2n) is 6.57. The summed E-state index contributed by atoms with van der Waals surface area (Å²) >= 11 is 0. The Hall–Kier alpha value is -4.26. The van der Waals surface area contributed by atoms with Gasteiger partial charge >= 0.3 is 16.3 Å². The van der Waals surface area contributed by atoms with Crippen molar-refractivity contribution in [3.05, 3.63) is 99.6 Å². The van der Waals surface area contributed by atoms with Gasteiger partial charge in [0.2, 0.25) is 0 Å². The van der Waals surface area contributed by atoms with Crippen molar-refractivity contribution in [2.24, 2.45) is 5.10 Å². The largest absolute Gasteiger partial charge is 0.416 e. The van der Waals surface area contributed by atoms with Crippen molar-refractivity contribution in [3.63, 3.8) is 0 Å². The molecule has 3 aromatic carbocycles. The van der Waals surface area contributed by atoms with Gasteiger partial charge in [-0.3, -0.25) is 14.9 Å². The molecule has 3 aromatic rings. The van der Waals surface area contributed by atoms with E-state index in [-0.39, 0.29) is 16.9 Å². The molecule has 0 heterocycles. The number of benzene rings is 3. The van der Waals surface area contributed by atoms with E-state index in [1.807, 2.05) is 0 Å². The Kier molecular flexibility index (Phi) is 6.96. The van der Waals surface area contributed by atoms with Crippen LogP contribution >= 0.6 is 0 Å². The molecule has 0 atom stereocenters. The fourth-order valence-corrected chi connectivity index (χ4v) is 3.64. The number of para-hydroxylation sites is 2. The van der Waals surface area contributed by atoms with E-state index in [4.69, 9.17) is 4.18 Å². The van der Waals surface area contributed by atoms with Gasteiger partial charge in [-0.1, -0.05) is 24.3 Å². The monoisotopic (exact) mass is 493 g/mol. The molecule has 0 fully saturated rings. The molecule has 0 saturated carbocycles. The van der Waals surface area contributed by atoms with Gasteiger partial charge < -0.3 is 4.18 Å². The molecule has 0 aliphatic carbocycles. The summed E-state index contributed by atoms with van der Waals surface area (Å²) < 4.78 is 68.1. The second-order valence-corrected chi connectivity index (χ2v) is 8.12. The molecular weight excluding hydrogens is 479 g/mol. The molecule has 0 spiro atoms. The van der Waals surface area contributed by atoms with Crippen molar-refractivity contribution in [3.8, 4) is 5.75 Å². The fraction of sp³-hybridized carbons (Fsp3) is 0.0476. The summed E-state index contributed by atoms with van der Waals surface area (Å²) in [6.45, 7) is 0. The van der Waals surface area contributed by atoms with Crippen LogP contribution in [0.1, 0.15) is 21.5 Å². The van der Waals surface area contributed by atoms with Gasteiger partial charge in [0.15, 0.2) is 5.75 Å². The van der Waals surface area contributed by atoms with Gasteiger partial charge in [0, 0.05) is 11.6 Å². The van der Waals surface area contributed by atoms with Crippen LogP contribution in [0.15, 0.2) is 82.8 Å². The maximum Gasteiger partial charge on any atom is 0.416 e. The van der Waals surface area contributed by atoms with Gasteiger partial charge in [0.25, 0.3) is 11.6 Å². The number of hydrogen-bond acceptors (Lipinski definition) is 7. The summed E-state index contributed by atoms with van der Waals surface area (Å²) in [5, 5.41) is 14.7. The number of carbonyl (C=O) groups excluding carboxylic acids is 1. The third-order valence-corrected chi connectivity index (χ3v) is 5.55. The summed E-state index contributed by atoms with van der Waals surface area (Å²) in [7, 11) is -4.49. The fourth-order valence-electron chi connectivity index (χ4n) is 2.69. The lowest BCUT2D eigenvalue weighted by Crippen LogP contribution is -2.19. The average molecular weight is 493 g/mol. The maximum absolute atomic E-state index is 12.7. The lowest BCUT2D eigenvalue weighted by atomic mass is 10.2. The first-order chi connectivity index (χ1) is 16.0. The standard InChI is InChI=1S/C21H14F3N3O6S/c22-21(23,24)15-9-11-16(12-10-15)34(31,32)33-19-8-4-1-5-14(19)13-25-26-20(28)17-6-2-3-7-18(17)27(29)30/h1-13H,(H,26,28). The lowest BCUT2D eigenvalue weighted by Gasteiger charge is -2.11. The van der Waals surface area contributed by atoms with E-state index >= 15 is 0 Å². The molecule has 176 valence electrons. The maximum atomic E-state index is 12.7. The van der Waals surface area contributed by atoms with Gasteiger partial charge in [-0.15, -0.1) is 0 Å². The van der Waals surface area contributed by atoms with Crippen LogP contribution in [0.3, 0.4) is 0 Å². The number of hydrogen-bond donors (Lipinski definition) is 1. The predicted molar refractivity (Wildman–Crippen MR) is 114 cm³/mol. The predicted octanol–water partition coefficient (Wildman–Crippen LogP) is 4.15. The van der Waals surface area contributed by atoms with Crippen LogP contribution in [0.25, 0.3) is 0 Å². The van der Waals surface area contributed by atoms with Crippen LogP contribution < -0.4 is 9.61 Å². The Morgan fingerprint density at radius 3 is 2.26 bits per heavy atom. The number of alkyl halides is 3. The first kappa shape index (κ1) is 24.4. The molecule has 1 amide bonds. The van der Waals surface area contributed by atoms with E-state index in [1.165, 1.54) is 42.5 Å². The highest BCUT2D eigenvalue weighted by molar-refractivity contribution is 7.87. The zero-order chi connectivity index (χ0) is 24.9. The number of nitrogens with zero attached hydrogens (tertiary/aromatic N) is 2. The van der Waals surface area contributed by atoms with E-state index in [1.54, 1.807) is 0 Å². The number of nitrogens with one attached hydrogen (secondary N) is 1. The zero-order valence-corrected chi connectivity index (χ0v) is 17.7. The Morgan fingerprint density at radius 2 is 1.62 bits per heavy atom. The van der Waals surface area contributed by atoms with Crippen molar-refractivity contribution >= 4 is 27.9 Å².